The van der Waals surface area contributed by atoms with Crippen molar-refractivity contribution in [3.8, 4) is 5.75 Å². The number of amides is 1. The Balaban J connectivity index is 1.56. The molecule has 0 unspecified atom stereocenters. The monoisotopic (exact) mass is 531 g/mol. The molecule has 1 saturated carbocycles. The van der Waals surface area contributed by atoms with Gasteiger partial charge in [-0.2, -0.15) is 0 Å². The van der Waals surface area contributed by atoms with Crippen LogP contribution in [0, 0.1) is 5.41 Å². The maximum absolute atomic E-state index is 12.7. The van der Waals surface area contributed by atoms with Crippen molar-refractivity contribution in [3.63, 3.8) is 0 Å². The van der Waals surface area contributed by atoms with E-state index in [0.717, 1.165) is 11.4 Å². The number of carbonyl (C=O) groups is 1. The van der Waals surface area contributed by atoms with E-state index in [4.69, 9.17) is 21.9 Å². The highest BCUT2D eigenvalue weighted by Gasteiger charge is 2.42. The van der Waals surface area contributed by atoms with Crippen molar-refractivity contribution in [2.45, 2.75) is 71.0 Å². The molecule has 1 saturated heterocycles. The zero-order valence-electron chi connectivity index (χ0n) is 22.6. The lowest BCUT2D eigenvalue weighted by Gasteiger charge is -2.32. The van der Waals surface area contributed by atoms with E-state index in [1.165, 1.54) is 37.8 Å². The highest BCUT2D eigenvalue weighted by Crippen LogP contribution is 2.45. The molecule has 1 aromatic carbocycles. The van der Waals surface area contributed by atoms with Gasteiger partial charge in [0.1, 0.15) is 11.8 Å². The van der Waals surface area contributed by atoms with E-state index in [2.05, 4.69) is 44.5 Å². The van der Waals surface area contributed by atoms with Gasteiger partial charge in [-0.3, -0.25) is 9.78 Å². The highest BCUT2D eigenvalue weighted by molar-refractivity contribution is 7.80. The van der Waals surface area contributed by atoms with Gasteiger partial charge in [0.15, 0.2) is 5.11 Å². The van der Waals surface area contributed by atoms with E-state index in [-0.39, 0.29) is 18.0 Å². The van der Waals surface area contributed by atoms with E-state index in [1.54, 1.807) is 7.11 Å². The number of aromatic nitrogens is 2. The molecule has 2 aliphatic rings. The van der Waals surface area contributed by atoms with Crippen molar-refractivity contribution in [1.82, 2.24) is 14.9 Å². The molecule has 7 nitrogen and oxygen atoms in total. The Morgan fingerprint density at radius 3 is 2.58 bits per heavy atom. The zero-order chi connectivity index (χ0) is 26.9. The van der Waals surface area contributed by atoms with Crippen molar-refractivity contribution < 1.29 is 9.53 Å². The van der Waals surface area contributed by atoms with Gasteiger partial charge in [0.25, 0.3) is 0 Å². The first kappa shape index (κ1) is 26.2. The first-order valence-corrected chi connectivity index (χ1v) is 13.9. The van der Waals surface area contributed by atoms with E-state index in [1.807, 2.05) is 57.3 Å². The molecular formula is C30H37N5O2S. The third-order valence-electron chi connectivity index (χ3n) is 7.57. The molecule has 8 heteroatoms. The van der Waals surface area contributed by atoms with Crippen LogP contribution in [-0.2, 0) is 4.79 Å². The van der Waals surface area contributed by atoms with Crippen LogP contribution in [0.25, 0.3) is 0 Å². The summed E-state index contributed by atoms with van der Waals surface area (Å²) in [5.74, 6) is 0.519. The summed E-state index contributed by atoms with van der Waals surface area (Å²) in [6.45, 7) is 5.67. The van der Waals surface area contributed by atoms with E-state index in [0.29, 0.717) is 22.6 Å². The van der Waals surface area contributed by atoms with Crippen LogP contribution in [-0.4, -0.2) is 27.7 Å². The van der Waals surface area contributed by atoms with Crippen LogP contribution in [0.4, 0.5) is 11.4 Å². The predicted molar refractivity (Wildman–Crippen MR) is 156 cm³/mol. The lowest BCUT2D eigenvalue weighted by atomic mass is 9.94. The normalized spacial score (nSPS) is 20.3. The molecule has 0 bridgehead atoms. The minimum Gasteiger partial charge on any atom is -0.494 e. The minimum absolute atomic E-state index is 0.0692. The summed E-state index contributed by atoms with van der Waals surface area (Å²) in [7, 11) is 1.62. The largest absolute Gasteiger partial charge is 0.494 e. The van der Waals surface area contributed by atoms with Gasteiger partial charge in [0.2, 0.25) is 5.91 Å². The average Bonchev–Trinajstić information content (AvgIpc) is 3.53. The first-order chi connectivity index (χ1) is 18.3. The maximum Gasteiger partial charge on any atom is 0.229 e. The van der Waals surface area contributed by atoms with Crippen LogP contribution in [0.2, 0.25) is 0 Å². The molecule has 2 aromatic heterocycles. The maximum atomic E-state index is 12.7. The van der Waals surface area contributed by atoms with Crippen molar-refractivity contribution in [1.29, 1.82) is 0 Å². The van der Waals surface area contributed by atoms with Crippen LogP contribution in [0.1, 0.15) is 82.4 Å². The summed E-state index contributed by atoms with van der Waals surface area (Å²) in [5.41, 5.74) is 3.17. The van der Waals surface area contributed by atoms with Crippen molar-refractivity contribution >= 4 is 34.6 Å². The summed E-state index contributed by atoms with van der Waals surface area (Å²) in [5, 5.41) is 7.21. The third-order valence-corrected chi connectivity index (χ3v) is 7.89. The molecule has 38 heavy (non-hydrogen) atoms. The number of ether oxygens (including phenoxy) is 1. The fraction of sp³-hybridized carbons (Fsp3) is 0.433. The van der Waals surface area contributed by atoms with E-state index < -0.39 is 5.41 Å². The molecule has 5 rings (SSSR count). The Bertz CT molecular complexity index is 1290. The Morgan fingerprint density at radius 2 is 1.89 bits per heavy atom. The fourth-order valence-corrected chi connectivity index (χ4v) is 5.87. The summed E-state index contributed by atoms with van der Waals surface area (Å²) in [4.78, 5) is 19.5. The molecular weight excluding hydrogens is 494 g/mol. The van der Waals surface area contributed by atoms with Crippen LogP contribution >= 0.6 is 12.2 Å². The molecule has 1 aliphatic carbocycles. The number of pyridine rings is 1. The Morgan fingerprint density at radius 1 is 1.11 bits per heavy atom. The summed E-state index contributed by atoms with van der Waals surface area (Å²) in [6.07, 6.45) is 10.3. The van der Waals surface area contributed by atoms with Crippen LogP contribution in [0.15, 0.2) is 60.9 Å². The standard InChI is InChI=1S/C30H37N5O2S/c1-30(2,3)28(36)32-22-16-15-21(19-25(22)37-4)35-27(26(33-29(35)38)23-13-8-9-17-31-23)24-14-10-18-34(24)20-11-6-5-7-12-20/h8-10,13-20,26-27H,5-7,11-12H2,1-4H3,(H,32,36)(H,33,38)/t26-,27-/m0/s1. The molecule has 1 aliphatic heterocycles. The molecule has 200 valence electrons. The highest BCUT2D eigenvalue weighted by atomic mass is 32.1. The molecule has 1 amide bonds. The smallest absolute Gasteiger partial charge is 0.229 e. The van der Waals surface area contributed by atoms with E-state index in [9.17, 15) is 4.79 Å². The topological polar surface area (TPSA) is 71.4 Å². The second-order valence-electron chi connectivity index (χ2n) is 11.2. The van der Waals surface area contributed by atoms with Gasteiger partial charge in [-0.1, -0.05) is 46.1 Å². The number of rotatable bonds is 6. The molecule has 2 fully saturated rings. The third kappa shape index (κ3) is 5.14. The number of nitrogens with one attached hydrogen (secondary N) is 2. The van der Waals surface area contributed by atoms with Gasteiger partial charge in [0.05, 0.1) is 24.5 Å². The van der Waals surface area contributed by atoms with Crippen LogP contribution < -0.4 is 20.3 Å². The van der Waals surface area contributed by atoms with Gasteiger partial charge in [0, 0.05) is 41.3 Å². The minimum atomic E-state index is -0.518. The quantitative estimate of drug-likeness (QED) is 0.351. The lowest BCUT2D eigenvalue weighted by Crippen LogP contribution is -2.31. The van der Waals surface area contributed by atoms with Gasteiger partial charge >= 0.3 is 0 Å². The average molecular weight is 532 g/mol. The van der Waals surface area contributed by atoms with Gasteiger partial charge in [-0.15, -0.1) is 0 Å². The number of hydrogen-bond donors (Lipinski definition) is 2. The lowest BCUT2D eigenvalue weighted by molar-refractivity contribution is -0.123. The number of carbonyl (C=O) groups excluding carboxylic acids is 1. The number of thiocarbonyl (C=S) groups is 1. The summed E-state index contributed by atoms with van der Waals surface area (Å²) >= 11 is 5.95. The number of hydrogen-bond acceptors (Lipinski definition) is 4. The molecule has 2 atom stereocenters. The molecule has 0 radical (unpaired) electrons. The van der Waals surface area contributed by atoms with Crippen molar-refractivity contribution in [3.05, 3.63) is 72.3 Å². The van der Waals surface area contributed by atoms with Crippen molar-refractivity contribution in [2.24, 2.45) is 5.41 Å². The second-order valence-corrected chi connectivity index (χ2v) is 11.6. The second kappa shape index (κ2) is 10.8. The Hall–Kier alpha value is -3.39. The first-order valence-electron chi connectivity index (χ1n) is 13.4. The fourth-order valence-electron chi connectivity index (χ4n) is 5.53. The van der Waals surface area contributed by atoms with E-state index >= 15 is 0 Å². The molecule has 0 spiro atoms. The summed E-state index contributed by atoms with van der Waals surface area (Å²) < 4.78 is 8.18. The number of nitrogens with zero attached hydrogens (tertiary/aromatic N) is 3. The number of methoxy groups -OCH3 is 1. The van der Waals surface area contributed by atoms with Crippen molar-refractivity contribution in [2.75, 3.05) is 17.3 Å². The van der Waals surface area contributed by atoms with Gasteiger partial charge < -0.3 is 24.8 Å². The van der Waals surface area contributed by atoms with Gasteiger partial charge in [-0.25, -0.2) is 0 Å². The molecule has 3 aromatic rings. The summed E-state index contributed by atoms with van der Waals surface area (Å²) in [6, 6.07) is 16.5. The van der Waals surface area contributed by atoms with Gasteiger partial charge in [-0.05, 0) is 61.5 Å². The van der Waals surface area contributed by atoms with Crippen LogP contribution in [0.5, 0.6) is 5.75 Å². The Labute approximate surface area is 230 Å². The Kier molecular flexibility index (Phi) is 7.43. The number of anilines is 2. The molecule has 2 N–H and O–H groups in total. The number of benzene rings is 1. The van der Waals surface area contributed by atoms with Crippen LogP contribution in [0.3, 0.4) is 0 Å². The SMILES string of the molecule is COc1cc(N2C(=S)N[C@@H](c3ccccn3)[C@@H]2c2cccn2C2CCCCC2)ccc1NC(=O)C(C)(C)C. The molecule has 3 heterocycles. The predicted octanol–water partition coefficient (Wildman–Crippen LogP) is 6.56. The zero-order valence-corrected chi connectivity index (χ0v) is 23.4.